The third-order valence-corrected chi connectivity index (χ3v) is 2.58. The molecule has 2 aromatic rings. The van der Waals surface area contributed by atoms with Crippen LogP contribution < -0.4 is 21.3 Å². The van der Waals surface area contributed by atoms with E-state index in [0.29, 0.717) is 18.0 Å². The highest BCUT2D eigenvalue weighted by Crippen LogP contribution is 2.16. The Bertz CT molecular complexity index is 584. The lowest BCUT2D eigenvalue weighted by molar-refractivity contribution is 0.102. The van der Waals surface area contributed by atoms with Crippen LogP contribution in [-0.4, -0.2) is 17.5 Å². The first-order chi connectivity index (χ1) is 9.72. The molecule has 0 unspecified atom stereocenters. The van der Waals surface area contributed by atoms with E-state index >= 15 is 0 Å². The van der Waals surface area contributed by atoms with E-state index in [1.54, 1.807) is 36.4 Å². The second kappa shape index (κ2) is 6.53. The maximum Gasteiger partial charge on any atom is 0.274 e. The summed E-state index contributed by atoms with van der Waals surface area (Å²) in [5.41, 5.74) is 4.05. The van der Waals surface area contributed by atoms with Gasteiger partial charge < -0.3 is 15.5 Å². The van der Waals surface area contributed by atoms with Crippen molar-refractivity contribution in [3.05, 3.63) is 48.3 Å². The zero-order valence-electron chi connectivity index (χ0n) is 11.1. The number of aromatic nitrogens is 1. The molecule has 1 amide bonds. The van der Waals surface area contributed by atoms with Gasteiger partial charge in [0.15, 0.2) is 0 Å². The van der Waals surface area contributed by atoms with Gasteiger partial charge in [-0.25, -0.2) is 0 Å². The smallest absolute Gasteiger partial charge is 0.274 e. The molecule has 0 fully saturated rings. The van der Waals surface area contributed by atoms with Gasteiger partial charge in [0.1, 0.15) is 11.4 Å². The molecule has 20 heavy (non-hydrogen) atoms. The lowest BCUT2D eigenvalue weighted by Gasteiger charge is -2.07. The van der Waals surface area contributed by atoms with Crippen molar-refractivity contribution in [3.8, 4) is 5.75 Å². The molecule has 1 aromatic heterocycles. The largest absolute Gasteiger partial charge is 0.494 e. The number of nitrogens with one attached hydrogen (secondary N) is 2. The van der Waals surface area contributed by atoms with Crippen molar-refractivity contribution in [1.82, 2.24) is 4.98 Å². The zero-order chi connectivity index (χ0) is 14.4. The number of hydrogen-bond donors (Lipinski definition) is 3. The van der Waals surface area contributed by atoms with Crippen LogP contribution in [0.5, 0.6) is 5.75 Å². The van der Waals surface area contributed by atoms with Crippen molar-refractivity contribution in [3.63, 3.8) is 0 Å². The fourth-order valence-corrected chi connectivity index (χ4v) is 1.64. The molecular formula is C14H16N4O2. The Kier molecular flexibility index (Phi) is 4.52. The van der Waals surface area contributed by atoms with Crippen LogP contribution in [0.3, 0.4) is 0 Å². The second-order valence-corrected chi connectivity index (χ2v) is 3.99. The topological polar surface area (TPSA) is 89.3 Å². The second-order valence-electron chi connectivity index (χ2n) is 3.99. The molecule has 2 rings (SSSR count). The Morgan fingerprint density at radius 2 is 2.00 bits per heavy atom. The summed E-state index contributed by atoms with van der Waals surface area (Å²) >= 11 is 0. The molecule has 6 heteroatoms. The molecule has 4 N–H and O–H groups in total. The number of benzene rings is 1. The molecule has 1 heterocycles. The number of nitrogens with two attached hydrogens (primary N) is 1. The van der Waals surface area contributed by atoms with E-state index in [1.807, 2.05) is 6.92 Å². The van der Waals surface area contributed by atoms with Crippen LogP contribution in [-0.2, 0) is 0 Å². The summed E-state index contributed by atoms with van der Waals surface area (Å²) in [5, 5.41) is 2.75. The van der Waals surface area contributed by atoms with Gasteiger partial charge >= 0.3 is 0 Å². The maximum absolute atomic E-state index is 12.0. The van der Waals surface area contributed by atoms with Crippen LogP contribution in [0.4, 0.5) is 11.4 Å². The van der Waals surface area contributed by atoms with Gasteiger partial charge in [0, 0.05) is 11.9 Å². The predicted octanol–water partition coefficient (Wildman–Crippen LogP) is 2.02. The molecule has 0 radical (unpaired) electrons. The molecule has 6 nitrogen and oxygen atoms in total. The van der Waals surface area contributed by atoms with Gasteiger partial charge in [-0.3, -0.25) is 15.6 Å². The summed E-state index contributed by atoms with van der Waals surface area (Å²) in [7, 11) is 0. The van der Waals surface area contributed by atoms with Gasteiger partial charge in [-0.15, -0.1) is 0 Å². The van der Waals surface area contributed by atoms with E-state index in [-0.39, 0.29) is 11.6 Å². The lowest BCUT2D eigenvalue weighted by atomic mass is 10.2. The molecule has 0 aliphatic carbocycles. The number of pyridine rings is 1. The SMILES string of the molecule is CCOc1ccc(NC(=O)c2cc(NN)ccn2)cc1. The van der Waals surface area contributed by atoms with Gasteiger partial charge in [-0.2, -0.15) is 0 Å². The van der Waals surface area contributed by atoms with Crippen LogP contribution in [0.1, 0.15) is 17.4 Å². The Morgan fingerprint density at radius 3 is 2.65 bits per heavy atom. The van der Waals surface area contributed by atoms with Gasteiger partial charge in [0.25, 0.3) is 5.91 Å². The van der Waals surface area contributed by atoms with E-state index in [0.717, 1.165) is 5.75 Å². The highest BCUT2D eigenvalue weighted by Gasteiger charge is 2.08. The fourth-order valence-electron chi connectivity index (χ4n) is 1.64. The number of hydrogen-bond acceptors (Lipinski definition) is 5. The monoisotopic (exact) mass is 272 g/mol. The van der Waals surface area contributed by atoms with Crippen molar-refractivity contribution in [2.24, 2.45) is 5.84 Å². The third kappa shape index (κ3) is 3.46. The minimum Gasteiger partial charge on any atom is -0.494 e. The quantitative estimate of drug-likeness (QED) is 0.572. The zero-order valence-corrected chi connectivity index (χ0v) is 11.1. The van der Waals surface area contributed by atoms with Gasteiger partial charge in [0.2, 0.25) is 0 Å². The van der Waals surface area contributed by atoms with E-state index in [4.69, 9.17) is 10.6 Å². The molecular weight excluding hydrogens is 256 g/mol. The fraction of sp³-hybridized carbons (Fsp3) is 0.143. The Morgan fingerprint density at radius 1 is 1.25 bits per heavy atom. The molecule has 0 atom stereocenters. The predicted molar refractivity (Wildman–Crippen MR) is 77.6 cm³/mol. The van der Waals surface area contributed by atoms with E-state index in [9.17, 15) is 4.79 Å². The summed E-state index contributed by atoms with van der Waals surface area (Å²) in [4.78, 5) is 16.0. The van der Waals surface area contributed by atoms with Crippen molar-refractivity contribution >= 4 is 17.3 Å². The van der Waals surface area contributed by atoms with Gasteiger partial charge in [0.05, 0.1) is 12.3 Å². The van der Waals surface area contributed by atoms with Crippen LogP contribution in [0.15, 0.2) is 42.6 Å². The van der Waals surface area contributed by atoms with Crippen molar-refractivity contribution in [2.45, 2.75) is 6.92 Å². The summed E-state index contributed by atoms with van der Waals surface area (Å²) in [6.07, 6.45) is 1.52. The first kappa shape index (κ1) is 13.8. The molecule has 104 valence electrons. The first-order valence-corrected chi connectivity index (χ1v) is 6.20. The highest BCUT2D eigenvalue weighted by molar-refractivity contribution is 6.03. The summed E-state index contributed by atoms with van der Waals surface area (Å²) in [5.74, 6) is 5.76. The Labute approximate surface area is 116 Å². The highest BCUT2D eigenvalue weighted by atomic mass is 16.5. The number of carbonyl (C=O) groups is 1. The minimum atomic E-state index is -0.300. The summed E-state index contributed by atoms with van der Waals surface area (Å²) < 4.78 is 5.33. The normalized spacial score (nSPS) is 9.90. The van der Waals surface area contributed by atoms with Crippen molar-refractivity contribution in [1.29, 1.82) is 0 Å². The maximum atomic E-state index is 12.0. The number of amides is 1. The number of rotatable bonds is 5. The lowest BCUT2D eigenvalue weighted by Crippen LogP contribution is -2.15. The van der Waals surface area contributed by atoms with Gasteiger partial charge in [-0.05, 0) is 43.3 Å². The van der Waals surface area contributed by atoms with Crippen LogP contribution in [0.2, 0.25) is 0 Å². The van der Waals surface area contributed by atoms with E-state index in [1.165, 1.54) is 6.20 Å². The number of anilines is 2. The minimum absolute atomic E-state index is 0.286. The molecule has 0 aliphatic heterocycles. The van der Waals surface area contributed by atoms with Crippen LogP contribution in [0.25, 0.3) is 0 Å². The first-order valence-electron chi connectivity index (χ1n) is 6.20. The van der Waals surface area contributed by atoms with Gasteiger partial charge in [-0.1, -0.05) is 0 Å². The number of nitrogen functional groups attached to an aromatic ring is 1. The molecule has 0 spiro atoms. The van der Waals surface area contributed by atoms with Crippen LogP contribution >= 0.6 is 0 Å². The summed E-state index contributed by atoms with van der Waals surface area (Å²) in [6.45, 7) is 2.52. The number of carbonyl (C=O) groups excluding carboxylic acids is 1. The standard InChI is InChI=1S/C14H16N4O2/c1-2-20-12-5-3-10(4-6-12)17-14(19)13-9-11(18-15)7-8-16-13/h3-9H,2,15H2,1H3,(H,16,18)(H,17,19). The van der Waals surface area contributed by atoms with E-state index in [2.05, 4.69) is 15.7 Å². The molecule has 1 aromatic carbocycles. The molecule has 0 saturated carbocycles. The van der Waals surface area contributed by atoms with Crippen LogP contribution in [0, 0.1) is 0 Å². The molecule has 0 bridgehead atoms. The van der Waals surface area contributed by atoms with Crippen molar-refractivity contribution in [2.75, 3.05) is 17.3 Å². The van der Waals surface area contributed by atoms with E-state index < -0.39 is 0 Å². The molecule has 0 aliphatic rings. The molecule has 0 saturated heterocycles. The number of ether oxygens (including phenoxy) is 1. The summed E-state index contributed by atoms with van der Waals surface area (Å²) in [6, 6.07) is 10.4. The average molecular weight is 272 g/mol. The average Bonchev–Trinajstić information content (AvgIpc) is 2.49. The third-order valence-electron chi connectivity index (χ3n) is 2.58. The Hall–Kier alpha value is -2.60. The number of nitrogens with zero attached hydrogens (tertiary/aromatic N) is 1. The number of hydrazine groups is 1. The van der Waals surface area contributed by atoms with Crippen molar-refractivity contribution < 1.29 is 9.53 Å². The Balaban J connectivity index is 2.06.